The van der Waals surface area contributed by atoms with Crippen LogP contribution in [-0.2, 0) is 13.0 Å². The molecule has 0 bridgehead atoms. The fourth-order valence-corrected chi connectivity index (χ4v) is 2.18. The minimum atomic E-state index is -0.441. The van der Waals surface area contributed by atoms with E-state index in [2.05, 4.69) is 15.6 Å². The quantitative estimate of drug-likeness (QED) is 0.655. The molecule has 0 heterocycles. The van der Waals surface area contributed by atoms with Gasteiger partial charge >= 0.3 is 0 Å². The molecular weight excluding hydrogens is 310 g/mol. The number of halogens is 2. The molecule has 0 atom stereocenters. The molecular formula is C18H18F2N4. The maximum absolute atomic E-state index is 13.8. The van der Waals surface area contributed by atoms with Crippen LogP contribution in [0.4, 0.5) is 8.78 Å². The van der Waals surface area contributed by atoms with Gasteiger partial charge in [0.15, 0.2) is 5.96 Å². The first-order valence-corrected chi connectivity index (χ1v) is 7.50. The van der Waals surface area contributed by atoms with Crippen molar-refractivity contribution < 1.29 is 8.78 Å². The van der Waals surface area contributed by atoms with E-state index in [1.165, 1.54) is 12.1 Å². The van der Waals surface area contributed by atoms with Crippen molar-refractivity contribution in [3.8, 4) is 6.07 Å². The summed E-state index contributed by atoms with van der Waals surface area (Å²) in [6, 6.07) is 12.8. The van der Waals surface area contributed by atoms with Crippen molar-refractivity contribution in [3.05, 3.63) is 70.8 Å². The third-order valence-corrected chi connectivity index (χ3v) is 3.50. The minimum absolute atomic E-state index is 0.233. The van der Waals surface area contributed by atoms with Crippen LogP contribution in [-0.4, -0.2) is 19.6 Å². The van der Waals surface area contributed by atoms with Crippen molar-refractivity contribution in [1.82, 2.24) is 10.6 Å². The molecule has 4 nitrogen and oxygen atoms in total. The van der Waals surface area contributed by atoms with Crippen LogP contribution < -0.4 is 10.6 Å². The first kappa shape index (κ1) is 17.4. The van der Waals surface area contributed by atoms with Gasteiger partial charge in [0, 0.05) is 25.7 Å². The van der Waals surface area contributed by atoms with Gasteiger partial charge in [0.1, 0.15) is 11.6 Å². The predicted molar refractivity (Wildman–Crippen MR) is 89.4 cm³/mol. The standard InChI is InChI=1S/C18H18F2N4/c1-22-18(23-9-8-14-4-2-3-5-16(14)19)24-12-15-7-6-13(11-21)10-17(15)20/h2-7,10H,8-9,12H2,1H3,(H2,22,23,24). The maximum Gasteiger partial charge on any atom is 0.191 e. The molecule has 0 fully saturated rings. The molecule has 0 saturated carbocycles. The van der Waals surface area contributed by atoms with Crippen LogP contribution in [0.3, 0.4) is 0 Å². The van der Waals surface area contributed by atoms with Gasteiger partial charge in [-0.25, -0.2) is 8.78 Å². The molecule has 0 aromatic heterocycles. The summed E-state index contributed by atoms with van der Waals surface area (Å²) in [5.41, 5.74) is 1.34. The normalized spacial score (nSPS) is 11.0. The fourth-order valence-electron chi connectivity index (χ4n) is 2.18. The number of hydrogen-bond donors (Lipinski definition) is 2. The Bertz CT molecular complexity index is 766. The summed E-state index contributed by atoms with van der Waals surface area (Å²) in [5, 5.41) is 14.8. The van der Waals surface area contributed by atoms with Gasteiger partial charge in [-0.2, -0.15) is 5.26 Å². The van der Waals surface area contributed by atoms with Gasteiger partial charge in [-0.05, 0) is 30.2 Å². The molecule has 0 radical (unpaired) electrons. The Kier molecular flexibility index (Phi) is 6.26. The predicted octanol–water partition coefficient (Wildman–Crippen LogP) is 2.74. The molecule has 0 saturated heterocycles. The Morgan fingerprint density at radius 2 is 1.88 bits per heavy atom. The molecule has 6 heteroatoms. The van der Waals surface area contributed by atoms with Crippen molar-refractivity contribution in [3.63, 3.8) is 0 Å². The number of nitrogens with one attached hydrogen (secondary N) is 2. The number of benzene rings is 2. The summed E-state index contributed by atoms with van der Waals surface area (Å²) in [6.45, 7) is 0.730. The van der Waals surface area contributed by atoms with E-state index < -0.39 is 5.82 Å². The van der Waals surface area contributed by atoms with Gasteiger partial charge in [-0.15, -0.1) is 0 Å². The average molecular weight is 328 g/mol. The summed E-state index contributed by atoms with van der Waals surface area (Å²) in [5.74, 6) is -0.180. The van der Waals surface area contributed by atoms with Crippen LogP contribution in [0.15, 0.2) is 47.5 Å². The monoisotopic (exact) mass is 328 g/mol. The van der Waals surface area contributed by atoms with Crippen LogP contribution in [0.1, 0.15) is 16.7 Å². The molecule has 0 aliphatic carbocycles. The van der Waals surface area contributed by atoms with E-state index in [0.29, 0.717) is 30.1 Å². The molecule has 24 heavy (non-hydrogen) atoms. The van der Waals surface area contributed by atoms with Gasteiger partial charge in [-0.3, -0.25) is 4.99 Å². The number of rotatable bonds is 5. The molecule has 0 aliphatic heterocycles. The van der Waals surface area contributed by atoms with Gasteiger partial charge in [0.2, 0.25) is 0 Å². The van der Waals surface area contributed by atoms with Gasteiger partial charge < -0.3 is 10.6 Å². The van der Waals surface area contributed by atoms with Gasteiger partial charge in [0.25, 0.3) is 0 Å². The van der Waals surface area contributed by atoms with Crippen LogP contribution in [0, 0.1) is 23.0 Å². The summed E-state index contributed by atoms with van der Waals surface area (Å²) in [6.07, 6.45) is 0.513. The van der Waals surface area contributed by atoms with Crippen LogP contribution in [0.5, 0.6) is 0 Å². The van der Waals surface area contributed by atoms with Gasteiger partial charge in [-0.1, -0.05) is 24.3 Å². The van der Waals surface area contributed by atoms with Gasteiger partial charge in [0.05, 0.1) is 11.6 Å². The summed E-state index contributed by atoms with van der Waals surface area (Å²) in [4.78, 5) is 4.05. The lowest BCUT2D eigenvalue weighted by Crippen LogP contribution is -2.38. The highest BCUT2D eigenvalue weighted by atomic mass is 19.1. The Labute approximate surface area is 139 Å². The molecule has 2 rings (SSSR count). The number of aliphatic imine (C=N–C) groups is 1. The third-order valence-electron chi connectivity index (χ3n) is 3.50. The van der Waals surface area contributed by atoms with E-state index in [9.17, 15) is 8.78 Å². The molecule has 2 aromatic carbocycles. The highest BCUT2D eigenvalue weighted by molar-refractivity contribution is 5.79. The Morgan fingerprint density at radius 3 is 2.54 bits per heavy atom. The molecule has 0 amide bonds. The smallest absolute Gasteiger partial charge is 0.191 e. The van der Waals surface area contributed by atoms with E-state index >= 15 is 0 Å². The van der Waals surface area contributed by atoms with Crippen molar-refractivity contribution in [2.75, 3.05) is 13.6 Å². The number of hydrogen-bond acceptors (Lipinski definition) is 2. The lowest BCUT2D eigenvalue weighted by atomic mass is 10.1. The third kappa shape index (κ3) is 4.78. The van der Waals surface area contributed by atoms with E-state index in [-0.39, 0.29) is 17.9 Å². The van der Waals surface area contributed by atoms with Crippen molar-refractivity contribution in [2.45, 2.75) is 13.0 Å². The lowest BCUT2D eigenvalue weighted by molar-refractivity contribution is 0.601. The van der Waals surface area contributed by atoms with E-state index in [1.54, 1.807) is 37.4 Å². The largest absolute Gasteiger partial charge is 0.356 e. The summed E-state index contributed by atoms with van der Waals surface area (Å²) < 4.78 is 27.3. The zero-order chi connectivity index (χ0) is 17.4. The highest BCUT2D eigenvalue weighted by Crippen LogP contribution is 2.09. The second-order valence-corrected chi connectivity index (χ2v) is 5.11. The van der Waals surface area contributed by atoms with Crippen LogP contribution in [0.25, 0.3) is 0 Å². The zero-order valence-electron chi connectivity index (χ0n) is 13.3. The Morgan fingerprint density at radius 1 is 1.08 bits per heavy atom. The molecule has 2 aromatic rings. The summed E-state index contributed by atoms with van der Waals surface area (Å²) >= 11 is 0. The van der Waals surface area contributed by atoms with Crippen molar-refractivity contribution >= 4 is 5.96 Å². The summed E-state index contributed by atoms with van der Waals surface area (Å²) in [7, 11) is 1.60. The van der Waals surface area contributed by atoms with Crippen molar-refractivity contribution in [1.29, 1.82) is 5.26 Å². The average Bonchev–Trinajstić information content (AvgIpc) is 2.60. The van der Waals surface area contributed by atoms with E-state index in [1.807, 2.05) is 6.07 Å². The number of guanidine groups is 1. The minimum Gasteiger partial charge on any atom is -0.356 e. The second kappa shape index (κ2) is 8.63. The first-order chi connectivity index (χ1) is 11.6. The maximum atomic E-state index is 13.8. The fraction of sp³-hybridized carbons (Fsp3) is 0.222. The van der Waals surface area contributed by atoms with E-state index in [0.717, 1.165) is 0 Å². The van der Waals surface area contributed by atoms with Crippen LogP contribution in [0.2, 0.25) is 0 Å². The lowest BCUT2D eigenvalue weighted by Gasteiger charge is -2.12. The van der Waals surface area contributed by atoms with Crippen LogP contribution >= 0.6 is 0 Å². The zero-order valence-corrected chi connectivity index (χ0v) is 13.3. The molecule has 0 spiro atoms. The first-order valence-electron chi connectivity index (χ1n) is 7.50. The molecule has 0 unspecified atom stereocenters. The molecule has 124 valence electrons. The second-order valence-electron chi connectivity index (χ2n) is 5.11. The Balaban J connectivity index is 1.85. The highest BCUT2D eigenvalue weighted by Gasteiger charge is 2.05. The number of nitrogens with zero attached hydrogens (tertiary/aromatic N) is 2. The number of nitriles is 1. The molecule has 2 N–H and O–H groups in total. The van der Waals surface area contributed by atoms with E-state index in [4.69, 9.17) is 5.26 Å². The topological polar surface area (TPSA) is 60.2 Å². The molecule has 0 aliphatic rings. The SMILES string of the molecule is CN=C(NCCc1ccccc1F)NCc1ccc(C#N)cc1F. The Hall–Kier alpha value is -2.94. The van der Waals surface area contributed by atoms with Crippen molar-refractivity contribution in [2.24, 2.45) is 4.99 Å².